The molecule has 1 fully saturated rings. The molecule has 0 aromatic heterocycles. The maximum Gasteiger partial charge on any atom is 0.500 e. The molecule has 1 aliphatic rings. The van der Waals surface area contributed by atoms with Crippen molar-refractivity contribution in [3.8, 4) is 0 Å². The van der Waals surface area contributed by atoms with Gasteiger partial charge in [-0.25, -0.2) is 0 Å². The van der Waals surface area contributed by atoms with Gasteiger partial charge in [-0.1, -0.05) is 0 Å². The Balaban J connectivity index is 2.31. The molecule has 0 aliphatic heterocycles. The zero-order valence-electron chi connectivity index (χ0n) is 13.0. The van der Waals surface area contributed by atoms with E-state index in [0.29, 0.717) is 30.9 Å². The Kier molecular flexibility index (Phi) is 9.03. The van der Waals surface area contributed by atoms with E-state index in [1.165, 1.54) is 0 Å². The van der Waals surface area contributed by atoms with E-state index in [0.717, 1.165) is 37.5 Å². The van der Waals surface area contributed by atoms with Gasteiger partial charge in [0.2, 0.25) is 0 Å². The van der Waals surface area contributed by atoms with Gasteiger partial charge < -0.3 is 13.3 Å². The Morgan fingerprint density at radius 3 is 2.20 bits per heavy atom. The van der Waals surface area contributed by atoms with E-state index in [1.807, 2.05) is 32.5 Å². The van der Waals surface area contributed by atoms with Gasteiger partial charge in [-0.05, 0) is 39.4 Å². The molecule has 4 nitrogen and oxygen atoms in total. The Hall–Kier alpha value is 0.117. The molecule has 1 aliphatic carbocycles. The molecule has 1 saturated carbocycles. The van der Waals surface area contributed by atoms with Gasteiger partial charge in [0.25, 0.3) is 0 Å². The fourth-order valence-corrected chi connectivity index (χ4v) is 6.56. The molecule has 0 saturated heterocycles. The smallest absolute Gasteiger partial charge is 0.374 e. The molecule has 118 valence electrons. The molecule has 20 heavy (non-hydrogen) atoms. The van der Waals surface area contributed by atoms with Gasteiger partial charge in [-0.3, -0.25) is 4.79 Å². The minimum absolute atomic E-state index is 0.421. The maximum absolute atomic E-state index is 11.2. The summed E-state index contributed by atoms with van der Waals surface area (Å²) >= 11 is 1.92. The number of ketones is 1. The predicted molar refractivity (Wildman–Crippen MR) is 85.2 cm³/mol. The van der Waals surface area contributed by atoms with E-state index in [-0.39, 0.29) is 0 Å². The van der Waals surface area contributed by atoms with Crippen molar-refractivity contribution in [3.05, 3.63) is 0 Å². The monoisotopic (exact) mass is 320 g/mol. The Labute approximate surface area is 128 Å². The number of carbonyl (C=O) groups is 1. The van der Waals surface area contributed by atoms with Gasteiger partial charge in [0, 0.05) is 44.0 Å². The minimum atomic E-state index is -2.47. The van der Waals surface area contributed by atoms with Crippen LogP contribution >= 0.6 is 11.8 Å². The van der Waals surface area contributed by atoms with Crippen molar-refractivity contribution in [3.63, 3.8) is 0 Å². The average molecular weight is 321 g/mol. The third kappa shape index (κ3) is 6.26. The van der Waals surface area contributed by atoms with E-state index in [2.05, 4.69) is 0 Å². The molecule has 6 heteroatoms. The highest BCUT2D eigenvalue weighted by molar-refractivity contribution is 7.99. The van der Waals surface area contributed by atoms with Crippen LogP contribution in [0.25, 0.3) is 0 Å². The maximum atomic E-state index is 11.2. The topological polar surface area (TPSA) is 44.8 Å². The summed E-state index contributed by atoms with van der Waals surface area (Å²) in [4.78, 5) is 11.2. The summed E-state index contributed by atoms with van der Waals surface area (Å²) in [6.45, 7) is 7.86. The Bertz CT molecular complexity index is 271. The van der Waals surface area contributed by atoms with Crippen molar-refractivity contribution < 1.29 is 18.1 Å². The molecule has 0 radical (unpaired) electrons. The lowest BCUT2D eigenvalue weighted by atomic mass is 10.4. The van der Waals surface area contributed by atoms with Crippen LogP contribution in [0.15, 0.2) is 0 Å². The number of carbonyl (C=O) groups excluding carboxylic acids is 1. The van der Waals surface area contributed by atoms with Crippen molar-refractivity contribution in [1.82, 2.24) is 0 Å². The van der Waals surface area contributed by atoms with Crippen LogP contribution in [-0.4, -0.2) is 45.4 Å². The summed E-state index contributed by atoms with van der Waals surface area (Å²) in [6.07, 6.45) is 3.61. The summed E-state index contributed by atoms with van der Waals surface area (Å²) in [5.41, 5.74) is 0. The van der Waals surface area contributed by atoms with E-state index in [9.17, 15) is 4.79 Å². The van der Waals surface area contributed by atoms with E-state index in [4.69, 9.17) is 13.3 Å². The van der Waals surface area contributed by atoms with Gasteiger partial charge in [0.05, 0.1) is 0 Å². The lowest BCUT2D eigenvalue weighted by Gasteiger charge is -2.28. The van der Waals surface area contributed by atoms with Gasteiger partial charge in [-0.15, -0.1) is 0 Å². The van der Waals surface area contributed by atoms with Gasteiger partial charge >= 0.3 is 8.80 Å². The first-order valence-electron chi connectivity index (χ1n) is 7.71. The van der Waals surface area contributed by atoms with Crippen LogP contribution in [0.4, 0.5) is 0 Å². The second-order valence-electron chi connectivity index (χ2n) is 4.86. The van der Waals surface area contributed by atoms with Crippen LogP contribution in [0.3, 0.4) is 0 Å². The van der Waals surface area contributed by atoms with Gasteiger partial charge in [0.1, 0.15) is 5.78 Å². The predicted octanol–water partition coefficient (Wildman–Crippen LogP) is 3.28. The second-order valence-corrected chi connectivity index (χ2v) is 9.00. The highest BCUT2D eigenvalue weighted by Gasteiger charge is 2.39. The SMILES string of the molecule is CCO[Si](CCCSC1CCC(=O)C1)(OCC)OCC. The van der Waals surface area contributed by atoms with Crippen molar-refractivity contribution >= 4 is 26.3 Å². The molecule has 0 N–H and O–H groups in total. The lowest BCUT2D eigenvalue weighted by Crippen LogP contribution is -2.46. The normalized spacial score (nSPS) is 19.8. The fraction of sp³-hybridized carbons (Fsp3) is 0.929. The summed E-state index contributed by atoms with van der Waals surface area (Å²) in [7, 11) is -2.47. The Morgan fingerprint density at radius 2 is 1.75 bits per heavy atom. The molecule has 0 heterocycles. The largest absolute Gasteiger partial charge is 0.500 e. The van der Waals surface area contributed by atoms with Gasteiger partial charge in [-0.2, -0.15) is 11.8 Å². The zero-order chi connectivity index (χ0) is 14.8. The summed E-state index contributed by atoms with van der Waals surface area (Å²) in [6, 6.07) is 0.871. The van der Waals surface area contributed by atoms with Crippen LogP contribution in [0.2, 0.25) is 6.04 Å². The number of thioether (sulfide) groups is 1. The van der Waals surface area contributed by atoms with Crippen LogP contribution in [0.1, 0.15) is 46.5 Å². The number of rotatable bonds is 11. The van der Waals surface area contributed by atoms with Crippen LogP contribution in [0.5, 0.6) is 0 Å². The first kappa shape index (κ1) is 18.2. The molecule has 1 unspecified atom stereocenters. The summed E-state index contributed by atoms with van der Waals surface area (Å²) < 4.78 is 17.5. The fourth-order valence-electron chi connectivity index (χ4n) is 2.46. The van der Waals surface area contributed by atoms with Crippen LogP contribution < -0.4 is 0 Å². The highest BCUT2D eigenvalue weighted by Crippen LogP contribution is 2.29. The van der Waals surface area contributed by atoms with E-state index < -0.39 is 8.80 Å². The third-order valence-electron chi connectivity index (χ3n) is 3.27. The first-order chi connectivity index (χ1) is 9.65. The molecule has 0 amide bonds. The summed E-state index contributed by atoms with van der Waals surface area (Å²) in [5, 5.41) is 0.532. The van der Waals surface area contributed by atoms with Crippen molar-refractivity contribution in [2.45, 2.75) is 57.7 Å². The van der Waals surface area contributed by atoms with E-state index >= 15 is 0 Å². The molecule has 1 atom stereocenters. The molecule has 0 aromatic rings. The standard InChI is InChI=1S/C14H28O4SSi/c1-4-16-20(17-5-2,18-6-3)11-7-10-19-14-9-8-13(15)12-14/h14H,4-12H2,1-3H3. The van der Waals surface area contributed by atoms with Crippen molar-refractivity contribution in [2.75, 3.05) is 25.6 Å². The number of hydrogen-bond acceptors (Lipinski definition) is 5. The van der Waals surface area contributed by atoms with Crippen molar-refractivity contribution in [1.29, 1.82) is 0 Å². The third-order valence-corrected chi connectivity index (χ3v) is 7.82. The van der Waals surface area contributed by atoms with Crippen LogP contribution in [-0.2, 0) is 18.1 Å². The quantitative estimate of drug-likeness (QED) is 0.432. The molecule has 1 rings (SSSR count). The first-order valence-corrected chi connectivity index (χ1v) is 10.7. The molecular weight excluding hydrogens is 292 g/mol. The highest BCUT2D eigenvalue weighted by atomic mass is 32.2. The number of Topliss-reactive ketones (excluding diaryl/α,β-unsaturated/α-hetero) is 1. The molecule has 0 aromatic carbocycles. The van der Waals surface area contributed by atoms with Crippen LogP contribution in [0, 0.1) is 0 Å². The van der Waals surface area contributed by atoms with Gasteiger partial charge in [0.15, 0.2) is 0 Å². The summed E-state index contributed by atoms with van der Waals surface area (Å²) in [5.74, 6) is 1.48. The van der Waals surface area contributed by atoms with E-state index in [1.54, 1.807) is 0 Å². The Morgan fingerprint density at radius 1 is 1.15 bits per heavy atom. The molecule has 0 spiro atoms. The minimum Gasteiger partial charge on any atom is -0.374 e. The second kappa shape index (κ2) is 9.95. The van der Waals surface area contributed by atoms with Crippen molar-refractivity contribution in [2.24, 2.45) is 0 Å². The molecular formula is C14H28O4SSi. The molecule has 0 bridgehead atoms. The zero-order valence-corrected chi connectivity index (χ0v) is 14.8. The average Bonchev–Trinajstić information content (AvgIpc) is 2.82. The number of hydrogen-bond donors (Lipinski definition) is 0. The lowest BCUT2D eigenvalue weighted by molar-refractivity contribution is -0.117.